The quantitative estimate of drug-likeness (QED) is 0.671. The predicted molar refractivity (Wildman–Crippen MR) is 63.5 cm³/mol. The molecule has 106 valence electrons. The lowest BCUT2D eigenvalue weighted by Gasteiger charge is -2.06. The van der Waals surface area contributed by atoms with Gasteiger partial charge in [0, 0.05) is 6.26 Å². The van der Waals surface area contributed by atoms with Crippen LogP contribution in [0.15, 0.2) is 34.1 Å². The summed E-state index contributed by atoms with van der Waals surface area (Å²) in [5, 5.41) is 8.28. The number of rotatable bonds is 6. The first-order valence-corrected chi connectivity index (χ1v) is 8.16. The number of benzene rings is 1. The Bertz CT molecular complexity index is 661. The topological polar surface area (TPSA) is 127 Å². The van der Waals surface area contributed by atoms with Crippen molar-refractivity contribution in [3.63, 3.8) is 0 Å². The van der Waals surface area contributed by atoms with Crippen LogP contribution in [0, 0.1) is 0 Å². The average molecular weight is 309 g/mol. The number of carboxylic acids is 1. The Hall–Kier alpha value is -1.49. The highest BCUT2D eigenvalue weighted by molar-refractivity contribution is 7.90. The second-order valence-electron chi connectivity index (χ2n) is 3.51. The van der Waals surface area contributed by atoms with E-state index in [0.717, 1.165) is 30.5 Å². The third-order valence-electron chi connectivity index (χ3n) is 1.93. The van der Waals surface area contributed by atoms with Crippen molar-refractivity contribution < 1.29 is 31.6 Å². The Balaban J connectivity index is 2.88. The van der Waals surface area contributed by atoms with Crippen molar-refractivity contribution in [3.8, 4) is 0 Å². The predicted octanol–water partition coefficient (Wildman–Crippen LogP) is -0.615. The number of carboxylic acid groups (broad SMARTS) is 1. The monoisotopic (exact) mass is 309 g/mol. The van der Waals surface area contributed by atoms with Crippen LogP contribution in [0.4, 0.5) is 0 Å². The minimum atomic E-state index is -4.05. The lowest BCUT2D eigenvalue weighted by atomic mass is 10.4. The van der Waals surface area contributed by atoms with E-state index in [4.69, 9.17) is 5.11 Å². The van der Waals surface area contributed by atoms with E-state index in [1.165, 1.54) is 0 Å². The fourth-order valence-corrected chi connectivity index (χ4v) is 2.52. The first kappa shape index (κ1) is 15.6. The van der Waals surface area contributed by atoms with Gasteiger partial charge in [-0.2, -0.15) is 0 Å². The van der Waals surface area contributed by atoms with Crippen LogP contribution in [0.3, 0.4) is 0 Å². The number of aliphatic carboxylic acids is 1. The molecule has 0 aliphatic rings. The molecule has 0 amide bonds. The summed E-state index contributed by atoms with van der Waals surface area (Å²) >= 11 is 0. The van der Waals surface area contributed by atoms with Gasteiger partial charge >= 0.3 is 5.97 Å². The number of sulfonamides is 1. The van der Waals surface area contributed by atoms with Crippen molar-refractivity contribution in [2.75, 3.05) is 12.9 Å². The highest BCUT2D eigenvalue weighted by atomic mass is 32.2. The smallest absolute Gasteiger partial charge is 0.331 e. The van der Waals surface area contributed by atoms with Crippen molar-refractivity contribution in [3.05, 3.63) is 24.3 Å². The molecule has 0 aromatic heterocycles. The van der Waals surface area contributed by atoms with Crippen LogP contribution < -0.4 is 4.89 Å². The van der Waals surface area contributed by atoms with E-state index in [1.54, 1.807) is 4.89 Å². The first-order valence-electron chi connectivity index (χ1n) is 4.78. The largest absolute Gasteiger partial charge is 0.479 e. The molecule has 0 heterocycles. The lowest BCUT2D eigenvalue weighted by molar-refractivity contribution is -0.143. The van der Waals surface area contributed by atoms with Crippen molar-refractivity contribution in [1.82, 2.24) is 4.89 Å². The van der Waals surface area contributed by atoms with Crippen LogP contribution in [0.25, 0.3) is 0 Å². The van der Waals surface area contributed by atoms with E-state index >= 15 is 0 Å². The third kappa shape index (κ3) is 4.59. The Morgan fingerprint density at radius 2 is 1.63 bits per heavy atom. The minimum Gasteiger partial charge on any atom is -0.479 e. The van der Waals surface area contributed by atoms with Crippen molar-refractivity contribution in [2.45, 2.75) is 9.79 Å². The van der Waals surface area contributed by atoms with Gasteiger partial charge in [-0.3, -0.25) is 4.84 Å². The number of hydrogen-bond acceptors (Lipinski definition) is 6. The van der Waals surface area contributed by atoms with Gasteiger partial charge in [0.2, 0.25) is 0 Å². The summed E-state index contributed by atoms with van der Waals surface area (Å²) in [6.07, 6.45) is 0.991. The van der Waals surface area contributed by atoms with Crippen molar-refractivity contribution in [2.24, 2.45) is 0 Å². The van der Waals surface area contributed by atoms with Gasteiger partial charge in [0.25, 0.3) is 10.0 Å². The summed E-state index contributed by atoms with van der Waals surface area (Å²) in [5.74, 6) is -1.34. The van der Waals surface area contributed by atoms with Gasteiger partial charge in [0.15, 0.2) is 16.4 Å². The van der Waals surface area contributed by atoms with Crippen LogP contribution in [-0.4, -0.2) is 40.8 Å². The molecule has 8 nitrogen and oxygen atoms in total. The second-order valence-corrected chi connectivity index (χ2v) is 7.17. The molecule has 2 N–H and O–H groups in total. The zero-order valence-electron chi connectivity index (χ0n) is 9.73. The molecule has 0 saturated heterocycles. The van der Waals surface area contributed by atoms with Crippen LogP contribution in [0.2, 0.25) is 0 Å². The maximum Gasteiger partial charge on any atom is 0.331 e. The molecule has 0 saturated carbocycles. The molecule has 0 unspecified atom stereocenters. The number of hydrogen-bond donors (Lipinski definition) is 2. The molecule has 10 heteroatoms. The maximum atomic E-state index is 11.6. The zero-order valence-corrected chi connectivity index (χ0v) is 11.4. The van der Waals surface area contributed by atoms with Gasteiger partial charge in [0.1, 0.15) is 0 Å². The Morgan fingerprint density at radius 3 is 2.05 bits per heavy atom. The SMILES string of the molecule is CS(=O)(=O)c1ccc(S(=O)(=O)NOCC(=O)O)cc1. The van der Waals surface area contributed by atoms with E-state index in [1.807, 2.05) is 0 Å². The molecule has 0 fully saturated rings. The van der Waals surface area contributed by atoms with Crippen LogP contribution >= 0.6 is 0 Å². The molecular weight excluding hydrogens is 298 g/mol. The van der Waals surface area contributed by atoms with E-state index in [2.05, 4.69) is 4.84 Å². The fraction of sp³-hybridized carbons (Fsp3) is 0.222. The number of sulfone groups is 1. The molecule has 0 aliphatic carbocycles. The Labute approximate surface area is 109 Å². The standard InChI is InChI=1S/C9H11NO7S2/c1-18(13,14)7-2-4-8(5-3-7)19(15,16)10-17-6-9(11)12/h2-5,10H,6H2,1H3,(H,11,12). The van der Waals surface area contributed by atoms with Crippen LogP contribution in [0.5, 0.6) is 0 Å². The number of nitrogens with one attached hydrogen (secondary N) is 1. The minimum absolute atomic E-state index is 0.0297. The van der Waals surface area contributed by atoms with E-state index in [0.29, 0.717) is 0 Å². The van der Waals surface area contributed by atoms with E-state index in [-0.39, 0.29) is 9.79 Å². The highest BCUT2D eigenvalue weighted by Gasteiger charge is 2.16. The second kappa shape index (κ2) is 5.65. The van der Waals surface area contributed by atoms with Gasteiger partial charge in [-0.15, -0.1) is 0 Å². The van der Waals surface area contributed by atoms with Crippen molar-refractivity contribution in [1.29, 1.82) is 0 Å². The molecule has 0 atom stereocenters. The summed E-state index contributed by atoms with van der Waals surface area (Å²) in [6, 6.07) is 4.40. The van der Waals surface area contributed by atoms with Gasteiger partial charge in [-0.1, -0.05) is 4.89 Å². The normalized spacial score (nSPS) is 12.3. The van der Waals surface area contributed by atoms with E-state index in [9.17, 15) is 21.6 Å². The molecule has 1 aromatic rings. The molecule has 1 rings (SSSR count). The number of carbonyl (C=O) groups is 1. The summed E-state index contributed by atoms with van der Waals surface area (Å²) in [6.45, 7) is -0.833. The first-order chi connectivity index (χ1) is 8.63. The van der Waals surface area contributed by atoms with Crippen molar-refractivity contribution >= 4 is 25.8 Å². The summed E-state index contributed by atoms with van der Waals surface area (Å²) < 4.78 is 45.6. The Kier molecular flexibility index (Phi) is 4.63. The van der Waals surface area contributed by atoms with E-state index < -0.39 is 32.4 Å². The lowest BCUT2D eigenvalue weighted by Crippen LogP contribution is -2.26. The molecule has 0 aliphatic heterocycles. The van der Waals surface area contributed by atoms with Gasteiger partial charge in [-0.05, 0) is 24.3 Å². The molecule has 1 aromatic carbocycles. The van der Waals surface area contributed by atoms with Crippen LogP contribution in [0.1, 0.15) is 0 Å². The summed E-state index contributed by atoms with van der Waals surface area (Å²) in [7, 11) is -7.47. The molecular formula is C9H11NO7S2. The molecule has 19 heavy (non-hydrogen) atoms. The zero-order chi connectivity index (χ0) is 14.7. The molecule has 0 spiro atoms. The Morgan fingerprint density at radius 1 is 1.16 bits per heavy atom. The highest BCUT2D eigenvalue weighted by Crippen LogP contribution is 2.14. The fourth-order valence-electron chi connectivity index (χ4n) is 1.08. The molecule has 0 bridgehead atoms. The van der Waals surface area contributed by atoms with Gasteiger partial charge in [-0.25, -0.2) is 21.6 Å². The summed E-state index contributed by atoms with van der Waals surface area (Å²) in [4.78, 5) is 15.7. The maximum absolute atomic E-state index is 11.6. The average Bonchev–Trinajstić information content (AvgIpc) is 2.27. The van der Waals surface area contributed by atoms with Gasteiger partial charge in [0.05, 0.1) is 9.79 Å². The molecule has 0 radical (unpaired) electrons. The van der Waals surface area contributed by atoms with Crippen LogP contribution in [-0.2, 0) is 29.5 Å². The third-order valence-corrected chi connectivity index (χ3v) is 4.28. The van der Waals surface area contributed by atoms with Gasteiger partial charge < -0.3 is 5.11 Å². The summed E-state index contributed by atoms with van der Waals surface area (Å²) in [5.41, 5.74) is 0.